The highest BCUT2D eigenvalue weighted by atomic mass is 16.5. The monoisotopic (exact) mass is 246 g/mol. The van der Waals surface area contributed by atoms with Crippen molar-refractivity contribution in [3.8, 4) is 5.75 Å². The number of hydrogen-bond donors (Lipinski definition) is 1. The molecule has 0 aliphatic heterocycles. The molecule has 0 radical (unpaired) electrons. The molecular weight excluding hydrogens is 228 g/mol. The maximum Gasteiger partial charge on any atom is 0.125 e. The van der Waals surface area contributed by atoms with Crippen LogP contribution in [0.5, 0.6) is 5.75 Å². The number of hydrogen-bond acceptors (Lipinski definition) is 3. The molecule has 1 atom stereocenters. The van der Waals surface area contributed by atoms with Gasteiger partial charge in [0.1, 0.15) is 11.9 Å². The van der Waals surface area contributed by atoms with E-state index in [9.17, 15) is 5.11 Å². The minimum Gasteiger partial charge on any atom is -0.493 e. The predicted octanol–water partition coefficient (Wildman–Crippen LogP) is 2.29. The standard InChI is InChI=1S/C14H18N2O2/c1-3-8-18-13-7-5-4-6-11(13)14(17)12-9-15-10-16(12)2/h4-7,9-10,14,17H,3,8H2,1-2H3. The smallest absolute Gasteiger partial charge is 0.125 e. The van der Waals surface area contributed by atoms with E-state index >= 15 is 0 Å². The third-order valence-electron chi connectivity index (χ3n) is 2.81. The van der Waals surface area contributed by atoms with Gasteiger partial charge in [0.05, 0.1) is 24.8 Å². The molecule has 2 rings (SSSR count). The quantitative estimate of drug-likeness (QED) is 0.880. The second-order valence-electron chi connectivity index (χ2n) is 4.22. The first-order chi connectivity index (χ1) is 8.74. The fourth-order valence-electron chi connectivity index (χ4n) is 1.84. The highest BCUT2D eigenvalue weighted by Crippen LogP contribution is 2.29. The largest absolute Gasteiger partial charge is 0.493 e. The lowest BCUT2D eigenvalue weighted by Crippen LogP contribution is -2.08. The van der Waals surface area contributed by atoms with Crippen LogP contribution in [0.1, 0.15) is 30.7 Å². The van der Waals surface area contributed by atoms with Crippen molar-refractivity contribution >= 4 is 0 Å². The maximum absolute atomic E-state index is 10.4. The number of para-hydroxylation sites is 1. The zero-order valence-electron chi connectivity index (χ0n) is 10.7. The average molecular weight is 246 g/mol. The van der Waals surface area contributed by atoms with Crippen LogP contribution in [-0.2, 0) is 7.05 Å². The molecule has 96 valence electrons. The summed E-state index contributed by atoms with van der Waals surface area (Å²) in [7, 11) is 1.86. The van der Waals surface area contributed by atoms with Crippen molar-refractivity contribution in [3.63, 3.8) is 0 Å². The van der Waals surface area contributed by atoms with E-state index in [1.54, 1.807) is 17.1 Å². The maximum atomic E-state index is 10.4. The number of aliphatic hydroxyl groups excluding tert-OH is 1. The Morgan fingerprint density at radius 2 is 2.17 bits per heavy atom. The Morgan fingerprint density at radius 1 is 1.39 bits per heavy atom. The normalized spacial score (nSPS) is 12.4. The number of imidazole rings is 1. The fraction of sp³-hybridized carbons (Fsp3) is 0.357. The molecule has 2 aromatic rings. The second kappa shape index (κ2) is 5.69. The average Bonchev–Trinajstić information content (AvgIpc) is 2.82. The summed E-state index contributed by atoms with van der Waals surface area (Å²) >= 11 is 0. The van der Waals surface area contributed by atoms with E-state index in [1.807, 2.05) is 31.3 Å². The summed E-state index contributed by atoms with van der Waals surface area (Å²) in [6.07, 6.45) is 3.57. The molecule has 18 heavy (non-hydrogen) atoms. The van der Waals surface area contributed by atoms with E-state index in [0.717, 1.165) is 23.4 Å². The molecule has 1 aromatic carbocycles. The summed E-state index contributed by atoms with van der Waals surface area (Å²) in [5.74, 6) is 0.730. The second-order valence-corrected chi connectivity index (χ2v) is 4.22. The van der Waals surface area contributed by atoms with Gasteiger partial charge < -0.3 is 14.4 Å². The molecule has 0 aliphatic carbocycles. The summed E-state index contributed by atoms with van der Waals surface area (Å²) < 4.78 is 7.46. The molecule has 0 saturated carbocycles. The Labute approximate surface area is 107 Å². The van der Waals surface area contributed by atoms with Gasteiger partial charge in [-0.05, 0) is 12.5 Å². The van der Waals surface area contributed by atoms with Crippen molar-refractivity contribution in [2.75, 3.05) is 6.61 Å². The molecule has 0 bridgehead atoms. The van der Waals surface area contributed by atoms with E-state index in [-0.39, 0.29) is 0 Å². The van der Waals surface area contributed by atoms with Crippen molar-refractivity contribution in [1.82, 2.24) is 9.55 Å². The highest BCUT2D eigenvalue weighted by Gasteiger charge is 2.17. The molecule has 4 heteroatoms. The topological polar surface area (TPSA) is 47.3 Å². The molecule has 1 unspecified atom stereocenters. The number of benzene rings is 1. The summed E-state index contributed by atoms with van der Waals surface area (Å²) in [5, 5.41) is 10.4. The lowest BCUT2D eigenvalue weighted by molar-refractivity contribution is 0.202. The van der Waals surface area contributed by atoms with Crippen LogP contribution in [0.25, 0.3) is 0 Å². The molecule has 1 N–H and O–H groups in total. The lowest BCUT2D eigenvalue weighted by atomic mass is 10.1. The van der Waals surface area contributed by atoms with Crippen LogP contribution in [0.15, 0.2) is 36.8 Å². The molecule has 4 nitrogen and oxygen atoms in total. The molecule has 1 heterocycles. The first-order valence-electron chi connectivity index (χ1n) is 6.10. The van der Waals surface area contributed by atoms with Crippen LogP contribution >= 0.6 is 0 Å². The highest BCUT2D eigenvalue weighted by molar-refractivity contribution is 5.38. The Hall–Kier alpha value is -1.81. The SMILES string of the molecule is CCCOc1ccccc1C(O)c1cncn1C. The number of aryl methyl sites for hydroxylation is 1. The van der Waals surface area contributed by atoms with Gasteiger partial charge in [0.15, 0.2) is 0 Å². The van der Waals surface area contributed by atoms with Crippen LogP contribution in [0.2, 0.25) is 0 Å². The molecule has 0 fully saturated rings. The fourth-order valence-corrected chi connectivity index (χ4v) is 1.84. The Kier molecular flexibility index (Phi) is 3.99. The minimum absolute atomic E-state index is 0.648. The Bertz CT molecular complexity index is 508. The van der Waals surface area contributed by atoms with Crippen molar-refractivity contribution in [2.24, 2.45) is 7.05 Å². The van der Waals surface area contributed by atoms with Gasteiger partial charge >= 0.3 is 0 Å². The Morgan fingerprint density at radius 3 is 2.83 bits per heavy atom. The minimum atomic E-state index is -0.717. The Balaban J connectivity index is 2.30. The molecule has 1 aromatic heterocycles. The lowest BCUT2D eigenvalue weighted by Gasteiger charge is -2.16. The van der Waals surface area contributed by atoms with E-state index < -0.39 is 6.10 Å². The van der Waals surface area contributed by atoms with Gasteiger partial charge in [0.25, 0.3) is 0 Å². The van der Waals surface area contributed by atoms with Gasteiger partial charge in [-0.25, -0.2) is 4.98 Å². The summed E-state index contributed by atoms with van der Waals surface area (Å²) in [4.78, 5) is 4.02. The predicted molar refractivity (Wildman–Crippen MR) is 69.5 cm³/mol. The van der Waals surface area contributed by atoms with E-state index in [4.69, 9.17) is 4.74 Å². The van der Waals surface area contributed by atoms with E-state index in [2.05, 4.69) is 11.9 Å². The number of aliphatic hydroxyl groups is 1. The number of rotatable bonds is 5. The zero-order chi connectivity index (χ0) is 13.0. The van der Waals surface area contributed by atoms with Crippen LogP contribution in [0.3, 0.4) is 0 Å². The summed E-state index contributed by atoms with van der Waals surface area (Å²) in [6, 6.07) is 7.56. The van der Waals surface area contributed by atoms with Gasteiger partial charge in [-0.15, -0.1) is 0 Å². The summed E-state index contributed by atoms with van der Waals surface area (Å²) in [5.41, 5.74) is 1.53. The number of ether oxygens (including phenoxy) is 1. The van der Waals surface area contributed by atoms with Crippen molar-refractivity contribution in [3.05, 3.63) is 48.0 Å². The zero-order valence-corrected chi connectivity index (χ0v) is 10.7. The van der Waals surface area contributed by atoms with Crippen molar-refractivity contribution in [2.45, 2.75) is 19.4 Å². The third-order valence-corrected chi connectivity index (χ3v) is 2.81. The molecule has 0 saturated heterocycles. The van der Waals surface area contributed by atoms with Crippen LogP contribution in [0, 0.1) is 0 Å². The van der Waals surface area contributed by atoms with Crippen LogP contribution < -0.4 is 4.74 Å². The van der Waals surface area contributed by atoms with Gasteiger partial charge in [-0.3, -0.25) is 0 Å². The van der Waals surface area contributed by atoms with Gasteiger partial charge in [-0.1, -0.05) is 25.1 Å². The first-order valence-corrected chi connectivity index (χ1v) is 6.10. The van der Waals surface area contributed by atoms with Crippen LogP contribution in [0.4, 0.5) is 0 Å². The van der Waals surface area contributed by atoms with Gasteiger partial charge in [0.2, 0.25) is 0 Å². The number of nitrogens with zero attached hydrogens (tertiary/aromatic N) is 2. The van der Waals surface area contributed by atoms with E-state index in [1.165, 1.54) is 0 Å². The molecule has 0 spiro atoms. The third kappa shape index (κ3) is 2.54. The van der Waals surface area contributed by atoms with Gasteiger partial charge in [0, 0.05) is 12.6 Å². The molecule has 0 amide bonds. The van der Waals surface area contributed by atoms with Crippen molar-refractivity contribution in [1.29, 1.82) is 0 Å². The number of aromatic nitrogens is 2. The van der Waals surface area contributed by atoms with E-state index in [0.29, 0.717) is 6.61 Å². The molecule has 0 aliphatic rings. The first kappa shape index (κ1) is 12.6. The van der Waals surface area contributed by atoms with Gasteiger partial charge in [-0.2, -0.15) is 0 Å². The molecular formula is C14H18N2O2. The van der Waals surface area contributed by atoms with Crippen LogP contribution in [-0.4, -0.2) is 21.3 Å². The summed E-state index contributed by atoms with van der Waals surface area (Å²) in [6.45, 7) is 2.70. The van der Waals surface area contributed by atoms with Crippen molar-refractivity contribution < 1.29 is 9.84 Å².